The monoisotopic (exact) mass is 331 g/mol. The normalized spacial score (nSPS) is 13.3. The molecule has 0 spiro atoms. The van der Waals surface area contributed by atoms with Gasteiger partial charge in [-0.15, -0.1) is 11.3 Å². The van der Waals surface area contributed by atoms with Crippen LogP contribution in [0.3, 0.4) is 0 Å². The Kier molecular flexibility index (Phi) is 4.07. The van der Waals surface area contributed by atoms with Crippen molar-refractivity contribution < 1.29 is 19.1 Å². The van der Waals surface area contributed by atoms with E-state index in [0.717, 1.165) is 11.3 Å². The first-order valence-electron chi connectivity index (χ1n) is 6.83. The summed E-state index contributed by atoms with van der Waals surface area (Å²) in [5.41, 5.74) is 0.862. The van der Waals surface area contributed by atoms with Crippen LogP contribution in [-0.2, 0) is 9.59 Å². The van der Waals surface area contributed by atoms with Crippen LogP contribution < -0.4 is 15.0 Å². The molecule has 1 N–H and O–H groups in total. The highest BCUT2D eigenvalue weighted by atomic mass is 32.1. The third kappa shape index (κ3) is 3.21. The molecule has 118 valence electrons. The number of benzene rings is 1. The first-order valence-corrected chi connectivity index (χ1v) is 7.71. The maximum Gasteiger partial charge on any atom is 0.265 e. The van der Waals surface area contributed by atoms with Crippen molar-refractivity contribution >= 4 is 39.8 Å². The van der Waals surface area contributed by atoms with Crippen molar-refractivity contribution in [2.24, 2.45) is 0 Å². The van der Waals surface area contributed by atoms with E-state index in [2.05, 4.69) is 10.3 Å². The molecule has 1 aromatic carbocycles. The second kappa shape index (κ2) is 6.17. The van der Waals surface area contributed by atoms with E-state index >= 15 is 0 Å². The molecular formula is C15H13N3O4S. The molecule has 0 aliphatic carbocycles. The number of Topliss-reactive ketones (excluding diaryl/α,β-unsaturated/α-hetero) is 1. The van der Waals surface area contributed by atoms with Crippen LogP contribution in [0, 0.1) is 0 Å². The number of ether oxygens (including phenoxy) is 1. The highest BCUT2D eigenvalue weighted by molar-refractivity contribution is 7.14. The fourth-order valence-electron chi connectivity index (χ4n) is 2.12. The average Bonchev–Trinajstić information content (AvgIpc) is 2.99. The summed E-state index contributed by atoms with van der Waals surface area (Å²) in [7, 11) is 0. The van der Waals surface area contributed by atoms with Gasteiger partial charge in [-0.25, -0.2) is 4.98 Å². The number of ketones is 1. The van der Waals surface area contributed by atoms with Crippen LogP contribution in [0.5, 0.6) is 5.75 Å². The van der Waals surface area contributed by atoms with Gasteiger partial charge < -0.3 is 10.1 Å². The molecule has 0 atom stereocenters. The minimum Gasteiger partial charge on any atom is -0.482 e. The van der Waals surface area contributed by atoms with E-state index in [1.807, 2.05) is 0 Å². The number of rotatable bonds is 4. The molecule has 7 nitrogen and oxygen atoms in total. The Bertz CT molecular complexity index is 787. The SMILES string of the molecule is CC(=O)c1csc(NC(=O)CN2C(=O)COc3ccccc32)n1. The van der Waals surface area contributed by atoms with Gasteiger partial charge in [0, 0.05) is 12.3 Å². The number of anilines is 2. The Morgan fingerprint density at radius 3 is 2.91 bits per heavy atom. The van der Waals surface area contributed by atoms with Gasteiger partial charge in [0.25, 0.3) is 5.91 Å². The molecular weight excluding hydrogens is 318 g/mol. The highest BCUT2D eigenvalue weighted by Crippen LogP contribution is 2.31. The largest absolute Gasteiger partial charge is 0.482 e. The maximum atomic E-state index is 12.2. The van der Waals surface area contributed by atoms with Crippen molar-refractivity contribution in [2.75, 3.05) is 23.4 Å². The number of aromatic nitrogens is 1. The van der Waals surface area contributed by atoms with Crippen molar-refractivity contribution in [1.82, 2.24) is 4.98 Å². The molecule has 2 aromatic rings. The van der Waals surface area contributed by atoms with E-state index in [0.29, 0.717) is 22.3 Å². The van der Waals surface area contributed by atoms with Crippen molar-refractivity contribution in [3.05, 3.63) is 35.3 Å². The Hall–Kier alpha value is -2.74. The van der Waals surface area contributed by atoms with Crippen LogP contribution in [0.1, 0.15) is 17.4 Å². The number of hydrogen-bond donors (Lipinski definition) is 1. The predicted molar refractivity (Wildman–Crippen MR) is 85.0 cm³/mol. The fraction of sp³-hybridized carbons (Fsp3) is 0.200. The quantitative estimate of drug-likeness (QED) is 0.862. The minimum atomic E-state index is -0.389. The lowest BCUT2D eigenvalue weighted by Crippen LogP contribution is -2.43. The van der Waals surface area contributed by atoms with Crippen LogP contribution in [0.2, 0.25) is 0 Å². The molecule has 1 aromatic heterocycles. The van der Waals surface area contributed by atoms with Gasteiger partial charge in [-0.2, -0.15) is 0 Å². The average molecular weight is 331 g/mol. The van der Waals surface area contributed by atoms with Gasteiger partial charge in [-0.3, -0.25) is 19.3 Å². The molecule has 23 heavy (non-hydrogen) atoms. The molecule has 2 amide bonds. The molecule has 0 saturated carbocycles. The highest BCUT2D eigenvalue weighted by Gasteiger charge is 2.27. The lowest BCUT2D eigenvalue weighted by Gasteiger charge is -2.28. The first kappa shape index (κ1) is 15.2. The van der Waals surface area contributed by atoms with Crippen LogP contribution >= 0.6 is 11.3 Å². The second-order valence-corrected chi connectivity index (χ2v) is 5.74. The van der Waals surface area contributed by atoms with E-state index in [-0.39, 0.29) is 30.7 Å². The zero-order chi connectivity index (χ0) is 16.4. The summed E-state index contributed by atoms with van der Waals surface area (Å²) in [4.78, 5) is 40.7. The maximum absolute atomic E-state index is 12.2. The smallest absolute Gasteiger partial charge is 0.265 e. The summed E-state index contributed by atoms with van der Waals surface area (Å²) in [6.45, 7) is 1.16. The molecule has 3 rings (SSSR count). The molecule has 0 unspecified atom stereocenters. The van der Waals surface area contributed by atoms with Crippen molar-refractivity contribution in [3.8, 4) is 5.75 Å². The molecule has 2 heterocycles. The van der Waals surface area contributed by atoms with E-state index in [9.17, 15) is 14.4 Å². The zero-order valence-electron chi connectivity index (χ0n) is 12.2. The predicted octanol–water partition coefficient (Wildman–Crippen LogP) is 1.71. The summed E-state index contributed by atoms with van der Waals surface area (Å²) in [5.74, 6) is -0.283. The zero-order valence-corrected chi connectivity index (χ0v) is 13.1. The number of carbonyl (C=O) groups excluding carboxylic acids is 3. The summed E-state index contributed by atoms with van der Waals surface area (Å²) in [6.07, 6.45) is 0. The number of nitrogens with zero attached hydrogens (tertiary/aromatic N) is 2. The Morgan fingerprint density at radius 1 is 1.39 bits per heavy atom. The lowest BCUT2D eigenvalue weighted by molar-refractivity contribution is -0.123. The minimum absolute atomic E-state index is 0.101. The van der Waals surface area contributed by atoms with Crippen LogP contribution in [0.15, 0.2) is 29.6 Å². The first-order chi connectivity index (χ1) is 11.0. The van der Waals surface area contributed by atoms with Crippen LogP contribution in [-0.4, -0.2) is 35.7 Å². The van der Waals surface area contributed by atoms with Gasteiger partial charge in [-0.05, 0) is 12.1 Å². The van der Waals surface area contributed by atoms with E-state index in [4.69, 9.17) is 4.74 Å². The number of nitrogens with one attached hydrogen (secondary N) is 1. The number of amides is 2. The number of para-hydroxylation sites is 2. The summed E-state index contributed by atoms with van der Waals surface area (Å²) in [6, 6.07) is 7.03. The Balaban J connectivity index is 1.72. The molecule has 1 aliphatic rings. The van der Waals surface area contributed by atoms with Crippen molar-refractivity contribution in [3.63, 3.8) is 0 Å². The van der Waals surface area contributed by atoms with Gasteiger partial charge in [-0.1, -0.05) is 12.1 Å². The Morgan fingerprint density at radius 2 is 2.17 bits per heavy atom. The molecule has 0 bridgehead atoms. The molecule has 1 aliphatic heterocycles. The van der Waals surface area contributed by atoms with Gasteiger partial charge >= 0.3 is 0 Å². The summed E-state index contributed by atoms with van der Waals surface area (Å²) < 4.78 is 5.32. The third-order valence-corrected chi connectivity index (χ3v) is 3.98. The molecule has 8 heteroatoms. The van der Waals surface area contributed by atoms with Gasteiger partial charge in [0.2, 0.25) is 5.91 Å². The number of fused-ring (bicyclic) bond motifs is 1. The van der Waals surface area contributed by atoms with Gasteiger partial charge in [0.1, 0.15) is 18.0 Å². The van der Waals surface area contributed by atoms with Crippen LogP contribution in [0.4, 0.5) is 10.8 Å². The third-order valence-electron chi connectivity index (χ3n) is 3.22. The van der Waals surface area contributed by atoms with E-state index < -0.39 is 0 Å². The second-order valence-electron chi connectivity index (χ2n) is 4.88. The van der Waals surface area contributed by atoms with Crippen molar-refractivity contribution in [2.45, 2.75) is 6.92 Å². The number of thiazole rings is 1. The number of hydrogen-bond acceptors (Lipinski definition) is 6. The molecule has 0 fully saturated rings. The molecule has 0 radical (unpaired) electrons. The van der Waals surface area contributed by atoms with E-state index in [1.54, 1.807) is 29.6 Å². The van der Waals surface area contributed by atoms with Crippen molar-refractivity contribution in [1.29, 1.82) is 0 Å². The Labute approximate surface area is 135 Å². The standard InChI is InChI=1S/C15H13N3O4S/c1-9(19)10-8-23-15(16-10)17-13(20)6-18-11-4-2-3-5-12(11)22-7-14(18)21/h2-5,8H,6-7H2,1H3,(H,16,17,20). The summed E-state index contributed by atoms with van der Waals surface area (Å²) in [5, 5.41) is 4.50. The number of carbonyl (C=O) groups is 3. The van der Waals surface area contributed by atoms with E-state index in [1.165, 1.54) is 11.8 Å². The lowest BCUT2D eigenvalue weighted by atomic mass is 10.2. The van der Waals surface area contributed by atoms with Crippen LogP contribution in [0.25, 0.3) is 0 Å². The van der Waals surface area contributed by atoms with Gasteiger partial charge in [0.15, 0.2) is 17.5 Å². The van der Waals surface area contributed by atoms with Gasteiger partial charge in [0.05, 0.1) is 5.69 Å². The topological polar surface area (TPSA) is 88.6 Å². The molecule has 0 saturated heterocycles. The fourth-order valence-corrected chi connectivity index (χ4v) is 2.89. The summed E-state index contributed by atoms with van der Waals surface area (Å²) >= 11 is 1.16.